The molecule has 3 rings (SSSR count). The number of rotatable bonds is 9. The third-order valence-corrected chi connectivity index (χ3v) is 5.03. The van der Waals surface area contributed by atoms with Gasteiger partial charge in [-0.15, -0.1) is 0 Å². The summed E-state index contributed by atoms with van der Waals surface area (Å²) in [6, 6.07) is 6.94. The third kappa shape index (κ3) is 5.41. The highest BCUT2D eigenvalue weighted by molar-refractivity contribution is 6.30. The van der Waals surface area contributed by atoms with E-state index in [0.29, 0.717) is 36.0 Å². The summed E-state index contributed by atoms with van der Waals surface area (Å²) in [5, 5.41) is 3.46. The molecular formula is C22H26ClN5O4. The van der Waals surface area contributed by atoms with Crippen LogP contribution in [-0.4, -0.2) is 44.3 Å². The molecule has 32 heavy (non-hydrogen) atoms. The average Bonchev–Trinajstić information content (AvgIpc) is 2.77. The number of amides is 1. The van der Waals surface area contributed by atoms with Gasteiger partial charge >= 0.3 is 5.69 Å². The average molecular weight is 460 g/mol. The quantitative estimate of drug-likeness (QED) is 0.491. The van der Waals surface area contributed by atoms with Gasteiger partial charge in [0.1, 0.15) is 11.9 Å². The van der Waals surface area contributed by atoms with Gasteiger partial charge in [0.15, 0.2) is 11.5 Å². The fraction of sp³-hybridized carbons (Fsp3) is 0.409. The molecule has 9 nitrogen and oxygen atoms in total. The first-order valence-electron chi connectivity index (χ1n) is 10.5. The van der Waals surface area contributed by atoms with Gasteiger partial charge in [-0.05, 0) is 51.5 Å². The Morgan fingerprint density at radius 3 is 2.56 bits per heavy atom. The molecule has 2 heterocycles. The van der Waals surface area contributed by atoms with E-state index in [4.69, 9.17) is 16.3 Å². The second kappa shape index (κ2) is 10.5. The zero-order chi connectivity index (χ0) is 23.3. The lowest BCUT2D eigenvalue weighted by Gasteiger charge is -2.13. The fourth-order valence-corrected chi connectivity index (χ4v) is 3.31. The van der Waals surface area contributed by atoms with Gasteiger partial charge in [0.2, 0.25) is 5.91 Å². The van der Waals surface area contributed by atoms with Gasteiger partial charge in [0.25, 0.3) is 5.56 Å². The summed E-state index contributed by atoms with van der Waals surface area (Å²) in [7, 11) is 0. The number of aryl methyl sites for hydroxylation is 1. The Morgan fingerprint density at radius 2 is 1.91 bits per heavy atom. The predicted molar refractivity (Wildman–Crippen MR) is 123 cm³/mol. The van der Waals surface area contributed by atoms with Crippen molar-refractivity contribution in [3.05, 3.63) is 56.3 Å². The first-order chi connectivity index (χ1) is 15.3. The molecule has 0 aliphatic rings. The van der Waals surface area contributed by atoms with Crippen molar-refractivity contribution in [2.75, 3.05) is 13.2 Å². The van der Waals surface area contributed by atoms with E-state index in [2.05, 4.69) is 15.3 Å². The van der Waals surface area contributed by atoms with E-state index in [1.54, 1.807) is 31.2 Å². The smallest absolute Gasteiger partial charge is 0.333 e. The molecule has 0 bridgehead atoms. The molecule has 1 aromatic carbocycles. The van der Waals surface area contributed by atoms with Crippen LogP contribution in [0.4, 0.5) is 0 Å². The molecule has 1 N–H and O–H groups in total. The Kier molecular flexibility index (Phi) is 7.76. The summed E-state index contributed by atoms with van der Waals surface area (Å²) in [6.45, 7) is 6.46. The normalized spacial score (nSPS) is 11.3. The second-order valence-electron chi connectivity index (χ2n) is 7.48. The molecule has 0 aliphatic carbocycles. The number of nitrogens with zero attached hydrogens (tertiary/aromatic N) is 4. The molecule has 2 aromatic heterocycles. The number of nitrogens with one attached hydrogen (secondary N) is 1. The van der Waals surface area contributed by atoms with Crippen LogP contribution in [0.5, 0.6) is 0 Å². The van der Waals surface area contributed by atoms with E-state index in [9.17, 15) is 14.4 Å². The summed E-state index contributed by atoms with van der Waals surface area (Å²) in [5.74, 6) is -0.0521. The van der Waals surface area contributed by atoms with Crippen LogP contribution in [0.25, 0.3) is 22.4 Å². The molecule has 10 heteroatoms. The van der Waals surface area contributed by atoms with E-state index >= 15 is 0 Å². The maximum Gasteiger partial charge on any atom is 0.333 e. The molecule has 0 atom stereocenters. The van der Waals surface area contributed by atoms with Crippen LogP contribution >= 0.6 is 11.6 Å². The van der Waals surface area contributed by atoms with E-state index in [-0.39, 0.29) is 30.2 Å². The fourth-order valence-electron chi connectivity index (χ4n) is 3.18. The van der Waals surface area contributed by atoms with Crippen molar-refractivity contribution in [2.24, 2.45) is 0 Å². The number of fused-ring (bicyclic) bond motifs is 1. The van der Waals surface area contributed by atoms with Gasteiger partial charge in [0, 0.05) is 36.5 Å². The Bertz CT molecular complexity index is 1220. The van der Waals surface area contributed by atoms with Crippen LogP contribution in [0.15, 0.2) is 40.1 Å². The van der Waals surface area contributed by atoms with Gasteiger partial charge in [-0.1, -0.05) is 11.6 Å². The first kappa shape index (κ1) is 23.6. The van der Waals surface area contributed by atoms with Crippen molar-refractivity contribution >= 4 is 28.5 Å². The van der Waals surface area contributed by atoms with Gasteiger partial charge in [-0.3, -0.25) is 18.7 Å². The Hall–Kier alpha value is -3.04. The standard InChI is InChI=1S/C22H26ClN5O4/c1-4-27-20-17(12-25-19(26-20)15-6-8-16(23)9-7-15)21(30)28(22(27)31)13-18(29)24-10-5-11-32-14(2)3/h6-9,12,14H,4-5,10-11,13H2,1-3H3,(H,24,29). The molecule has 0 spiro atoms. The summed E-state index contributed by atoms with van der Waals surface area (Å²) in [5.41, 5.74) is -0.263. The number of hydrogen-bond acceptors (Lipinski definition) is 6. The predicted octanol–water partition coefficient (Wildman–Crippen LogP) is 2.22. The van der Waals surface area contributed by atoms with Crippen LogP contribution in [0.2, 0.25) is 5.02 Å². The minimum atomic E-state index is -0.601. The summed E-state index contributed by atoms with van der Waals surface area (Å²) in [6.07, 6.45) is 2.14. The van der Waals surface area contributed by atoms with Crippen LogP contribution in [0.3, 0.4) is 0 Å². The molecular weight excluding hydrogens is 434 g/mol. The number of aromatic nitrogens is 4. The van der Waals surface area contributed by atoms with Gasteiger partial charge < -0.3 is 10.1 Å². The lowest BCUT2D eigenvalue weighted by molar-refractivity contribution is -0.121. The summed E-state index contributed by atoms with van der Waals surface area (Å²) in [4.78, 5) is 47.0. The minimum Gasteiger partial charge on any atom is -0.379 e. The SMILES string of the molecule is CCn1c(=O)n(CC(=O)NCCCOC(C)C)c(=O)c2cnc(-c3ccc(Cl)cc3)nc21. The molecule has 0 fully saturated rings. The molecule has 170 valence electrons. The van der Waals surface area contributed by atoms with Gasteiger partial charge in [-0.2, -0.15) is 0 Å². The van der Waals surface area contributed by atoms with Crippen LogP contribution in [0.1, 0.15) is 27.2 Å². The highest BCUT2D eigenvalue weighted by Crippen LogP contribution is 2.19. The third-order valence-electron chi connectivity index (χ3n) is 4.78. The number of carbonyl (C=O) groups is 1. The topological polar surface area (TPSA) is 108 Å². The van der Waals surface area contributed by atoms with Gasteiger partial charge in [0.05, 0.1) is 6.10 Å². The molecule has 0 aliphatic heterocycles. The Labute approximate surface area is 190 Å². The number of halogens is 1. The monoisotopic (exact) mass is 459 g/mol. The maximum absolute atomic E-state index is 13.0. The highest BCUT2D eigenvalue weighted by Gasteiger charge is 2.17. The largest absolute Gasteiger partial charge is 0.379 e. The van der Waals surface area contributed by atoms with Crippen molar-refractivity contribution in [1.82, 2.24) is 24.4 Å². The number of hydrogen-bond donors (Lipinski definition) is 1. The van der Waals surface area contributed by atoms with Crippen molar-refractivity contribution in [3.8, 4) is 11.4 Å². The Morgan fingerprint density at radius 1 is 1.19 bits per heavy atom. The molecule has 0 saturated carbocycles. The zero-order valence-electron chi connectivity index (χ0n) is 18.3. The summed E-state index contributed by atoms with van der Waals surface area (Å²) >= 11 is 5.93. The minimum absolute atomic E-state index is 0.122. The van der Waals surface area contributed by atoms with Crippen molar-refractivity contribution in [3.63, 3.8) is 0 Å². The molecule has 0 unspecified atom stereocenters. The molecule has 0 radical (unpaired) electrons. The number of ether oxygens (including phenoxy) is 1. The van der Waals surface area contributed by atoms with E-state index < -0.39 is 17.2 Å². The van der Waals surface area contributed by atoms with Crippen LogP contribution in [0, 0.1) is 0 Å². The molecule has 3 aromatic rings. The van der Waals surface area contributed by atoms with Crippen molar-refractivity contribution < 1.29 is 9.53 Å². The molecule has 1 amide bonds. The number of carbonyl (C=O) groups excluding carboxylic acids is 1. The zero-order valence-corrected chi connectivity index (χ0v) is 19.1. The first-order valence-corrected chi connectivity index (χ1v) is 10.8. The second-order valence-corrected chi connectivity index (χ2v) is 7.92. The van der Waals surface area contributed by atoms with Crippen molar-refractivity contribution in [1.29, 1.82) is 0 Å². The van der Waals surface area contributed by atoms with E-state index in [1.807, 2.05) is 13.8 Å². The maximum atomic E-state index is 13.0. The van der Waals surface area contributed by atoms with Crippen molar-refractivity contribution in [2.45, 2.75) is 46.4 Å². The highest BCUT2D eigenvalue weighted by atomic mass is 35.5. The van der Waals surface area contributed by atoms with Gasteiger partial charge in [-0.25, -0.2) is 14.8 Å². The van der Waals surface area contributed by atoms with Crippen LogP contribution < -0.4 is 16.6 Å². The number of benzene rings is 1. The lowest BCUT2D eigenvalue weighted by Crippen LogP contribution is -2.44. The summed E-state index contributed by atoms with van der Waals surface area (Å²) < 4.78 is 7.70. The Balaban J connectivity index is 1.88. The lowest BCUT2D eigenvalue weighted by atomic mass is 10.2. The molecule has 0 saturated heterocycles. The van der Waals surface area contributed by atoms with E-state index in [1.165, 1.54) is 10.8 Å². The van der Waals surface area contributed by atoms with E-state index in [0.717, 1.165) is 4.57 Å². The van der Waals surface area contributed by atoms with Crippen LogP contribution in [-0.2, 0) is 22.6 Å².